The SMILES string of the molecule is CCc1ccccc1Nc1ncnc(Nc2ccccc2Cl)c1N. The monoisotopic (exact) mass is 339 g/mol. The molecule has 0 unspecified atom stereocenters. The third-order valence-corrected chi connectivity index (χ3v) is 3.99. The maximum atomic E-state index is 6.23. The summed E-state index contributed by atoms with van der Waals surface area (Å²) in [4.78, 5) is 8.47. The number of hydrogen-bond acceptors (Lipinski definition) is 5. The Labute approximate surface area is 145 Å². The molecule has 0 aliphatic carbocycles. The highest BCUT2D eigenvalue weighted by Gasteiger charge is 2.11. The molecule has 2 aromatic carbocycles. The van der Waals surface area contributed by atoms with Crippen LogP contribution in [0.2, 0.25) is 5.02 Å². The van der Waals surface area contributed by atoms with E-state index < -0.39 is 0 Å². The summed E-state index contributed by atoms with van der Waals surface area (Å²) in [6, 6.07) is 15.5. The van der Waals surface area contributed by atoms with Crippen LogP contribution in [0.3, 0.4) is 0 Å². The van der Waals surface area contributed by atoms with Crippen LogP contribution in [-0.4, -0.2) is 9.97 Å². The van der Waals surface area contributed by atoms with Gasteiger partial charge in [0.15, 0.2) is 11.6 Å². The summed E-state index contributed by atoms with van der Waals surface area (Å²) < 4.78 is 0. The van der Waals surface area contributed by atoms with Crippen LogP contribution in [0.5, 0.6) is 0 Å². The van der Waals surface area contributed by atoms with Crippen LogP contribution in [-0.2, 0) is 6.42 Å². The van der Waals surface area contributed by atoms with Gasteiger partial charge in [0.25, 0.3) is 0 Å². The summed E-state index contributed by atoms with van der Waals surface area (Å²) in [7, 11) is 0. The van der Waals surface area contributed by atoms with E-state index in [4.69, 9.17) is 17.3 Å². The van der Waals surface area contributed by atoms with Crippen molar-refractivity contribution < 1.29 is 0 Å². The highest BCUT2D eigenvalue weighted by atomic mass is 35.5. The van der Waals surface area contributed by atoms with Gasteiger partial charge in [-0.3, -0.25) is 0 Å². The van der Waals surface area contributed by atoms with Gasteiger partial charge in [0, 0.05) is 5.69 Å². The van der Waals surface area contributed by atoms with Crippen molar-refractivity contribution in [3.05, 3.63) is 65.4 Å². The van der Waals surface area contributed by atoms with Crippen LogP contribution in [0.25, 0.3) is 0 Å². The molecule has 0 saturated carbocycles. The number of halogens is 1. The van der Waals surface area contributed by atoms with Crippen LogP contribution in [0, 0.1) is 0 Å². The Kier molecular flexibility index (Phi) is 4.82. The minimum absolute atomic E-state index is 0.434. The van der Waals surface area contributed by atoms with E-state index in [-0.39, 0.29) is 0 Å². The Hall–Kier alpha value is -2.79. The molecule has 4 N–H and O–H groups in total. The molecule has 122 valence electrons. The summed E-state index contributed by atoms with van der Waals surface area (Å²) >= 11 is 6.17. The molecule has 1 aromatic heterocycles. The summed E-state index contributed by atoms with van der Waals surface area (Å²) in [5.74, 6) is 1.06. The molecule has 5 nitrogen and oxygen atoms in total. The lowest BCUT2D eigenvalue weighted by atomic mass is 10.1. The van der Waals surface area contributed by atoms with E-state index in [1.807, 2.05) is 36.4 Å². The van der Waals surface area contributed by atoms with Crippen LogP contribution >= 0.6 is 11.6 Å². The second kappa shape index (κ2) is 7.19. The number of anilines is 5. The molecular formula is C18H18ClN5. The molecule has 0 radical (unpaired) electrons. The molecular weight excluding hydrogens is 322 g/mol. The van der Waals surface area contributed by atoms with E-state index in [1.54, 1.807) is 6.07 Å². The van der Waals surface area contributed by atoms with Crippen molar-refractivity contribution >= 4 is 40.3 Å². The van der Waals surface area contributed by atoms with Crippen molar-refractivity contribution in [3.8, 4) is 0 Å². The van der Waals surface area contributed by atoms with Gasteiger partial charge in [-0.15, -0.1) is 0 Å². The number of para-hydroxylation sites is 2. The molecule has 0 bridgehead atoms. The van der Waals surface area contributed by atoms with Gasteiger partial charge < -0.3 is 16.4 Å². The molecule has 0 fully saturated rings. The molecule has 6 heteroatoms. The van der Waals surface area contributed by atoms with E-state index in [1.165, 1.54) is 11.9 Å². The second-order valence-electron chi connectivity index (χ2n) is 5.23. The average molecular weight is 340 g/mol. The standard InChI is InChI=1S/C18H18ClN5/c1-2-12-7-3-5-9-14(12)23-17-16(20)18(22-11-21-17)24-15-10-6-4-8-13(15)19/h3-11H,2,20H2,1H3,(H2,21,22,23,24). The molecule has 0 aliphatic heterocycles. The predicted molar refractivity (Wildman–Crippen MR) is 100 cm³/mol. The number of aryl methyl sites for hydroxylation is 1. The van der Waals surface area contributed by atoms with Crippen LogP contribution in [0.15, 0.2) is 54.9 Å². The number of nitrogens with zero attached hydrogens (tertiary/aromatic N) is 2. The van der Waals surface area contributed by atoms with Gasteiger partial charge in [-0.1, -0.05) is 48.9 Å². The number of benzene rings is 2. The first kappa shape index (κ1) is 16.1. The molecule has 0 spiro atoms. The van der Waals surface area contributed by atoms with Gasteiger partial charge >= 0.3 is 0 Å². The minimum Gasteiger partial charge on any atom is -0.393 e. The Bertz CT molecular complexity index is 850. The van der Waals surface area contributed by atoms with Crippen molar-refractivity contribution in [2.24, 2.45) is 0 Å². The van der Waals surface area contributed by atoms with Gasteiger partial charge in [-0.2, -0.15) is 0 Å². The summed E-state index contributed by atoms with van der Waals surface area (Å²) in [6.07, 6.45) is 2.38. The minimum atomic E-state index is 0.434. The fourth-order valence-corrected chi connectivity index (χ4v) is 2.55. The number of nitrogen functional groups attached to an aromatic ring is 1. The zero-order valence-electron chi connectivity index (χ0n) is 13.3. The number of hydrogen-bond donors (Lipinski definition) is 3. The molecule has 3 aromatic rings. The fraction of sp³-hybridized carbons (Fsp3) is 0.111. The summed E-state index contributed by atoms with van der Waals surface area (Å²) in [5, 5.41) is 7.03. The van der Waals surface area contributed by atoms with Gasteiger partial charge in [0.05, 0.1) is 10.7 Å². The van der Waals surface area contributed by atoms with Crippen LogP contribution in [0.4, 0.5) is 28.7 Å². The maximum absolute atomic E-state index is 6.23. The first-order valence-corrected chi connectivity index (χ1v) is 8.03. The van der Waals surface area contributed by atoms with E-state index >= 15 is 0 Å². The highest BCUT2D eigenvalue weighted by molar-refractivity contribution is 6.33. The van der Waals surface area contributed by atoms with Crippen molar-refractivity contribution in [3.63, 3.8) is 0 Å². The quantitative estimate of drug-likeness (QED) is 0.624. The highest BCUT2D eigenvalue weighted by Crippen LogP contribution is 2.31. The Morgan fingerprint density at radius 2 is 1.50 bits per heavy atom. The topological polar surface area (TPSA) is 75.9 Å². The van der Waals surface area contributed by atoms with Gasteiger partial charge in [-0.05, 0) is 30.2 Å². The zero-order chi connectivity index (χ0) is 16.9. The number of aromatic nitrogens is 2. The largest absolute Gasteiger partial charge is 0.393 e. The predicted octanol–water partition coefficient (Wildman–Crippen LogP) is 4.76. The van der Waals surface area contributed by atoms with Crippen LogP contribution in [0.1, 0.15) is 12.5 Å². The van der Waals surface area contributed by atoms with Crippen molar-refractivity contribution in [2.45, 2.75) is 13.3 Å². The molecule has 1 heterocycles. The molecule has 3 rings (SSSR count). The summed E-state index contributed by atoms with van der Waals surface area (Å²) in [6.45, 7) is 2.11. The third kappa shape index (κ3) is 3.41. The van der Waals surface area contributed by atoms with Crippen molar-refractivity contribution in [1.29, 1.82) is 0 Å². The molecule has 0 saturated heterocycles. The number of rotatable bonds is 5. The number of nitrogens with one attached hydrogen (secondary N) is 2. The zero-order valence-corrected chi connectivity index (χ0v) is 14.0. The normalized spacial score (nSPS) is 10.4. The smallest absolute Gasteiger partial charge is 0.159 e. The molecule has 0 amide bonds. The van der Waals surface area contributed by atoms with E-state index in [0.717, 1.165) is 17.8 Å². The molecule has 0 atom stereocenters. The number of nitrogens with two attached hydrogens (primary N) is 1. The lowest BCUT2D eigenvalue weighted by Crippen LogP contribution is -2.06. The maximum Gasteiger partial charge on any atom is 0.159 e. The van der Waals surface area contributed by atoms with Gasteiger partial charge in [0.2, 0.25) is 0 Å². The average Bonchev–Trinajstić information content (AvgIpc) is 2.61. The Morgan fingerprint density at radius 1 is 0.917 bits per heavy atom. The lowest BCUT2D eigenvalue weighted by molar-refractivity contribution is 1.13. The first-order chi connectivity index (χ1) is 11.7. The molecule has 24 heavy (non-hydrogen) atoms. The van der Waals surface area contributed by atoms with Crippen LogP contribution < -0.4 is 16.4 Å². The second-order valence-corrected chi connectivity index (χ2v) is 5.63. The third-order valence-electron chi connectivity index (χ3n) is 3.66. The Balaban J connectivity index is 1.90. The van der Waals surface area contributed by atoms with Gasteiger partial charge in [0.1, 0.15) is 12.0 Å². The van der Waals surface area contributed by atoms with Crippen molar-refractivity contribution in [1.82, 2.24) is 9.97 Å². The summed E-state index contributed by atoms with van der Waals surface area (Å²) in [5.41, 5.74) is 9.57. The van der Waals surface area contributed by atoms with Gasteiger partial charge in [-0.25, -0.2) is 9.97 Å². The van der Waals surface area contributed by atoms with E-state index in [9.17, 15) is 0 Å². The fourth-order valence-electron chi connectivity index (χ4n) is 2.36. The Morgan fingerprint density at radius 3 is 2.17 bits per heavy atom. The van der Waals surface area contributed by atoms with E-state index in [0.29, 0.717) is 22.3 Å². The first-order valence-electron chi connectivity index (χ1n) is 7.66. The van der Waals surface area contributed by atoms with E-state index in [2.05, 4.69) is 33.6 Å². The van der Waals surface area contributed by atoms with Crippen molar-refractivity contribution in [2.75, 3.05) is 16.4 Å². The molecule has 0 aliphatic rings. The lowest BCUT2D eigenvalue weighted by Gasteiger charge is -2.14.